The topological polar surface area (TPSA) is 75.7 Å². The molecule has 0 aliphatic carbocycles. The maximum absolute atomic E-state index is 13.0. The Kier molecular flexibility index (Phi) is 8.18. The van der Waals surface area contributed by atoms with Crippen LogP contribution in [0.1, 0.15) is 11.1 Å². The minimum absolute atomic E-state index is 0.118. The largest absolute Gasteiger partial charge is 0.483 e. The molecule has 6 nitrogen and oxygen atoms in total. The van der Waals surface area contributed by atoms with E-state index in [-0.39, 0.29) is 23.3 Å². The Morgan fingerprint density at radius 1 is 1.06 bits per heavy atom. The molecule has 1 N–H and O–H groups in total. The van der Waals surface area contributed by atoms with Gasteiger partial charge in [0.25, 0.3) is 17.1 Å². The number of imide groups is 1. The van der Waals surface area contributed by atoms with Crippen LogP contribution in [-0.2, 0) is 16.1 Å². The lowest BCUT2D eigenvalue weighted by Crippen LogP contribution is -2.27. The zero-order chi connectivity index (χ0) is 24.9. The Balaban J connectivity index is 1.49. The van der Waals surface area contributed by atoms with E-state index in [2.05, 4.69) is 21.2 Å². The van der Waals surface area contributed by atoms with Gasteiger partial charge in [-0.15, -0.1) is 0 Å². The van der Waals surface area contributed by atoms with Gasteiger partial charge in [0.1, 0.15) is 5.75 Å². The van der Waals surface area contributed by atoms with Crippen LogP contribution in [0, 0.1) is 0 Å². The zero-order valence-electron chi connectivity index (χ0n) is 18.0. The van der Waals surface area contributed by atoms with Gasteiger partial charge in [0.2, 0.25) is 0 Å². The third kappa shape index (κ3) is 6.46. The van der Waals surface area contributed by atoms with Gasteiger partial charge in [-0.05, 0) is 65.9 Å². The highest BCUT2D eigenvalue weighted by Crippen LogP contribution is 2.36. The molecule has 1 heterocycles. The fourth-order valence-corrected chi connectivity index (χ4v) is 4.85. The number of ether oxygens (including phenoxy) is 1. The Hall–Kier alpha value is -2.78. The number of anilines is 1. The SMILES string of the molecule is O=C(COc1ccc(Br)cc1/C=C1\SC(=O)N(Cc2cccc(Cl)c2)C1=O)Nc1ccccc1Cl. The molecule has 0 atom stereocenters. The number of nitrogens with zero attached hydrogens (tertiary/aromatic N) is 1. The molecule has 0 saturated carbocycles. The van der Waals surface area contributed by atoms with Crippen molar-refractivity contribution in [3.8, 4) is 5.75 Å². The molecule has 1 fully saturated rings. The lowest BCUT2D eigenvalue weighted by Gasteiger charge is -2.13. The standard InChI is InChI=1S/C25H17BrCl2N2O4S/c26-17-8-9-21(34-14-23(31)29-20-7-2-1-6-19(20)28)16(11-17)12-22-24(32)30(25(33)35-22)13-15-4-3-5-18(27)10-15/h1-12H,13-14H2,(H,29,31)/b22-12-. The molecule has 0 aromatic heterocycles. The van der Waals surface area contributed by atoms with Gasteiger partial charge in [0, 0.05) is 15.1 Å². The summed E-state index contributed by atoms with van der Waals surface area (Å²) in [4.78, 5) is 39.3. The number of hydrogen-bond donors (Lipinski definition) is 1. The maximum Gasteiger partial charge on any atom is 0.293 e. The van der Waals surface area contributed by atoms with E-state index in [1.807, 2.05) is 0 Å². The summed E-state index contributed by atoms with van der Waals surface area (Å²) in [6.45, 7) is -0.156. The van der Waals surface area contributed by atoms with Crippen molar-refractivity contribution in [3.63, 3.8) is 0 Å². The average Bonchev–Trinajstić information content (AvgIpc) is 3.07. The summed E-state index contributed by atoms with van der Waals surface area (Å²) in [5, 5.41) is 3.26. The fourth-order valence-electron chi connectivity index (χ4n) is 3.25. The normalized spacial score (nSPS) is 14.5. The Bertz CT molecular complexity index is 1350. The summed E-state index contributed by atoms with van der Waals surface area (Å²) < 4.78 is 6.46. The molecule has 3 aromatic rings. The highest BCUT2D eigenvalue weighted by molar-refractivity contribution is 9.10. The van der Waals surface area contributed by atoms with Crippen LogP contribution in [0.4, 0.5) is 10.5 Å². The molecule has 0 unspecified atom stereocenters. The number of para-hydroxylation sites is 1. The molecule has 3 aromatic carbocycles. The monoisotopic (exact) mass is 590 g/mol. The lowest BCUT2D eigenvalue weighted by atomic mass is 10.1. The van der Waals surface area contributed by atoms with Crippen molar-refractivity contribution in [1.29, 1.82) is 0 Å². The summed E-state index contributed by atoms with van der Waals surface area (Å²) >= 11 is 16.3. The van der Waals surface area contributed by atoms with Crippen molar-refractivity contribution in [2.75, 3.05) is 11.9 Å². The first-order valence-corrected chi connectivity index (χ1v) is 12.6. The summed E-state index contributed by atoms with van der Waals surface area (Å²) in [6.07, 6.45) is 1.58. The quantitative estimate of drug-likeness (QED) is 0.299. The maximum atomic E-state index is 13.0. The van der Waals surface area contributed by atoms with E-state index in [1.54, 1.807) is 72.8 Å². The fraction of sp³-hybridized carbons (Fsp3) is 0.0800. The van der Waals surface area contributed by atoms with Gasteiger partial charge in [0.05, 0.1) is 22.2 Å². The van der Waals surface area contributed by atoms with Crippen molar-refractivity contribution in [2.24, 2.45) is 0 Å². The van der Waals surface area contributed by atoms with Crippen LogP contribution < -0.4 is 10.1 Å². The first-order valence-electron chi connectivity index (χ1n) is 10.3. The van der Waals surface area contributed by atoms with Crippen LogP contribution in [0.3, 0.4) is 0 Å². The number of carbonyl (C=O) groups excluding carboxylic acids is 3. The summed E-state index contributed by atoms with van der Waals surface area (Å²) in [5.74, 6) is -0.430. The number of halogens is 3. The van der Waals surface area contributed by atoms with Crippen LogP contribution >= 0.6 is 50.9 Å². The van der Waals surface area contributed by atoms with E-state index in [0.717, 1.165) is 26.7 Å². The van der Waals surface area contributed by atoms with Crippen LogP contribution in [0.15, 0.2) is 76.1 Å². The summed E-state index contributed by atoms with van der Waals surface area (Å²) in [7, 11) is 0. The molecule has 10 heteroatoms. The molecule has 0 bridgehead atoms. The predicted molar refractivity (Wildman–Crippen MR) is 143 cm³/mol. The van der Waals surface area contributed by atoms with Gasteiger partial charge in [-0.3, -0.25) is 19.3 Å². The minimum atomic E-state index is -0.414. The third-order valence-corrected chi connectivity index (χ3v) is 6.83. The van der Waals surface area contributed by atoms with Gasteiger partial charge < -0.3 is 10.1 Å². The van der Waals surface area contributed by atoms with Gasteiger partial charge >= 0.3 is 0 Å². The van der Waals surface area contributed by atoms with E-state index in [9.17, 15) is 14.4 Å². The van der Waals surface area contributed by atoms with E-state index >= 15 is 0 Å². The van der Waals surface area contributed by atoms with Crippen molar-refractivity contribution >= 4 is 79.7 Å². The lowest BCUT2D eigenvalue weighted by molar-refractivity contribution is -0.123. The second kappa shape index (κ2) is 11.3. The Labute approximate surface area is 224 Å². The Morgan fingerprint density at radius 2 is 1.86 bits per heavy atom. The van der Waals surface area contributed by atoms with Gasteiger partial charge in [-0.1, -0.05) is 63.4 Å². The van der Waals surface area contributed by atoms with Crippen LogP contribution in [0.2, 0.25) is 10.0 Å². The number of rotatable bonds is 7. The molecule has 3 amide bonds. The van der Waals surface area contributed by atoms with Gasteiger partial charge in [0.15, 0.2) is 6.61 Å². The predicted octanol–water partition coefficient (Wildman–Crippen LogP) is 7.01. The average molecular weight is 592 g/mol. The van der Waals surface area contributed by atoms with Crippen LogP contribution in [0.25, 0.3) is 6.08 Å². The molecule has 178 valence electrons. The minimum Gasteiger partial charge on any atom is -0.483 e. The molecular weight excluding hydrogens is 575 g/mol. The third-order valence-electron chi connectivity index (χ3n) is 4.87. The smallest absolute Gasteiger partial charge is 0.293 e. The number of nitrogens with one attached hydrogen (secondary N) is 1. The highest BCUT2D eigenvalue weighted by atomic mass is 79.9. The van der Waals surface area contributed by atoms with Gasteiger partial charge in [-0.25, -0.2) is 0 Å². The second-order valence-electron chi connectivity index (χ2n) is 7.40. The highest BCUT2D eigenvalue weighted by Gasteiger charge is 2.35. The first kappa shape index (κ1) is 25.3. The molecule has 1 saturated heterocycles. The summed E-state index contributed by atoms with van der Waals surface area (Å²) in [5.41, 5.74) is 1.77. The van der Waals surface area contributed by atoms with Crippen molar-refractivity contribution < 1.29 is 19.1 Å². The van der Waals surface area contributed by atoms with Gasteiger partial charge in [-0.2, -0.15) is 0 Å². The van der Waals surface area contributed by atoms with Crippen LogP contribution in [0.5, 0.6) is 5.75 Å². The van der Waals surface area contributed by atoms with E-state index in [4.69, 9.17) is 27.9 Å². The first-order chi connectivity index (χ1) is 16.8. The van der Waals surface area contributed by atoms with Crippen LogP contribution in [-0.4, -0.2) is 28.6 Å². The van der Waals surface area contributed by atoms with Crippen molar-refractivity contribution in [2.45, 2.75) is 6.54 Å². The molecule has 0 radical (unpaired) electrons. The van der Waals surface area contributed by atoms with Crippen molar-refractivity contribution in [3.05, 3.63) is 97.3 Å². The second-order valence-corrected chi connectivity index (χ2v) is 10.1. The molecule has 1 aliphatic rings. The van der Waals surface area contributed by atoms with E-state index in [1.165, 1.54) is 0 Å². The molecule has 35 heavy (non-hydrogen) atoms. The molecular formula is C25H17BrCl2N2O4S. The van der Waals surface area contributed by atoms with Crippen molar-refractivity contribution in [1.82, 2.24) is 4.90 Å². The zero-order valence-corrected chi connectivity index (χ0v) is 21.9. The molecule has 0 spiro atoms. The van der Waals surface area contributed by atoms with E-state index in [0.29, 0.717) is 27.0 Å². The molecule has 4 rings (SSSR count). The summed E-state index contributed by atoms with van der Waals surface area (Å²) in [6, 6.07) is 19.0. The number of benzene rings is 3. The number of hydrogen-bond acceptors (Lipinski definition) is 5. The number of amides is 3. The molecule has 1 aliphatic heterocycles. The number of carbonyl (C=O) groups is 3. The van der Waals surface area contributed by atoms with E-state index < -0.39 is 11.8 Å². The number of thioether (sulfide) groups is 1. The Morgan fingerprint density at radius 3 is 2.63 bits per heavy atom.